The number of nitrogens with two attached hydrogens (primary N) is 1. The lowest BCUT2D eigenvalue weighted by Gasteiger charge is -2.20. The maximum absolute atomic E-state index is 11.1. The summed E-state index contributed by atoms with van der Waals surface area (Å²) in [7, 11) is 1.88. The molecule has 0 saturated carbocycles. The van der Waals surface area contributed by atoms with Gasteiger partial charge in [0.1, 0.15) is 0 Å². The van der Waals surface area contributed by atoms with E-state index in [4.69, 9.17) is 10.8 Å². The topological polar surface area (TPSA) is 66.6 Å². The molecule has 0 atom stereocenters. The molecule has 3 N–H and O–H groups in total. The maximum atomic E-state index is 11.1. The highest BCUT2D eigenvalue weighted by Crippen LogP contribution is 2.22. The van der Waals surface area contributed by atoms with Crippen molar-refractivity contribution < 1.29 is 9.90 Å². The minimum atomic E-state index is -0.946. The van der Waals surface area contributed by atoms with Gasteiger partial charge >= 0.3 is 5.97 Å². The normalized spacial score (nSPS) is 10.1. The quantitative estimate of drug-likeness (QED) is 0.768. The lowest BCUT2D eigenvalue weighted by atomic mass is 10.1. The summed E-state index contributed by atoms with van der Waals surface area (Å²) in [6, 6.07) is 4.96. The number of carbonyl (C=O) groups is 1. The van der Waals surface area contributed by atoms with E-state index in [1.54, 1.807) is 23.9 Å². The molecule has 16 heavy (non-hydrogen) atoms. The average molecular weight is 240 g/mol. The number of carboxylic acids is 1. The highest BCUT2D eigenvalue weighted by atomic mass is 32.2. The van der Waals surface area contributed by atoms with Crippen molar-refractivity contribution in [1.29, 1.82) is 0 Å². The van der Waals surface area contributed by atoms with Gasteiger partial charge in [0.05, 0.1) is 11.3 Å². The molecule has 1 rings (SSSR count). The van der Waals surface area contributed by atoms with Gasteiger partial charge in [-0.25, -0.2) is 4.79 Å². The summed E-state index contributed by atoms with van der Waals surface area (Å²) in [5, 5.41) is 9.08. The number of benzene rings is 1. The molecule has 0 aliphatic heterocycles. The van der Waals surface area contributed by atoms with Gasteiger partial charge in [0.25, 0.3) is 0 Å². The van der Waals surface area contributed by atoms with Crippen LogP contribution in [0.15, 0.2) is 18.2 Å². The van der Waals surface area contributed by atoms with E-state index in [0.717, 1.165) is 12.3 Å². The van der Waals surface area contributed by atoms with Gasteiger partial charge in [0.15, 0.2) is 0 Å². The van der Waals surface area contributed by atoms with Crippen molar-refractivity contribution in [3.63, 3.8) is 0 Å². The smallest absolute Gasteiger partial charge is 0.337 e. The molecule has 0 aromatic heterocycles. The zero-order chi connectivity index (χ0) is 12.1. The molecule has 0 spiro atoms. The van der Waals surface area contributed by atoms with Gasteiger partial charge in [-0.2, -0.15) is 11.8 Å². The summed E-state index contributed by atoms with van der Waals surface area (Å²) in [6.45, 7) is 0.811. The molecule has 5 heteroatoms. The summed E-state index contributed by atoms with van der Waals surface area (Å²) in [5.41, 5.74) is 7.01. The number of hydrogen-bond acceptors (Lipinski definition) is 4. The van der Waals surface area contributed by atoms with Crippen molar-refractivity contribution in [3.05, 3.63) is 23.8 Å². The number of hydrogen-bond donors (Lipinski definition) is 2. The molecule has 0 unspecified atom stereocenters. The van der Waals surface area contributed by atoms with Crippen LogP contribution in [0.4, 0.5) is 11.4 Å². The Kier molecular flexibility index (Phi) is 4.49. The largest absolute Gasteiger partial charge is 0.478 e. The zero-order valence-corrected chi connectivity index (χ0v) is 10.3. The molecular formula is C11H16N2O2S. The predicted molar refractivity (Wildman–Crippen MR) is 69.5 cm³/mol. The number of anilines is 2. The Hall–Kier alpha value is -1.36. The molecule has 0 amide bonds. The molecule has 0 heterocycles. The Balaban J connectivity index is 2.98. The van der Waals surface area contributed by atoms with Gasteiger partial charge in [-0.05, 0) is 24.5 Å². The number of aromatic carboxylic acids is 1. The Bertz CT molecular complexity index is 382. The number of rotatable bonds is 5. The third-order valence-electron chi connectivity index (χ3n) is 2.29. The van der Waals surface area contributed by atoms with E-state index >= 15 is 0 Å². The first-order valence-electron chi connectivity index (χ1n) is 4.89. The van der Waals surface area contributed by atoms with Gasteiger partial charge in [-0.3, -0.25) is 0 Å². The van der Waals surface area contributed by atoms with Crippen LogP contribution in [0.25, 0.3) is 0 Å². The van der Waals surface area contributed by atoms with Gasteiger partial charge in [-0.1, -0.05) is 0 Å². The third-order valence-corrected chi connectivity index (χ3v) is 2.88. The van der Waals surface area contributed by atoms with Gasteiger partial charge in [0, 0.05) is 25.0 Å². The SMILES string of the molecule is CSCCN(C)c1ccc(N)cc1C(=O)O. The highest BCUT2D eigenvalue weighted by molar-refractivity contribution is 7.98. The van der Waals surface area contributed by atoms with Crippen molar-refractivity contribution >= 4 is 29.1 Å². The molecule has 88 valence electrons. The van der Waals surface area contributed by atoms with Crippen LogP contribution in [0.1, 0.15) is 10.4 Å². The van der Waals surface area contributed by atoms with Crippen molar-refractivity contribution in [3.8, 4) is 0 Å². The van der Waals surface area contributed by atoms with E-state index in [0.29, 0.717) is 11.4 Å². The highest BCUT2D eigenvalue weighted by Gasteiger charge is 2.13. The Labute approximate surface area is 99.4 Å². The van der Waals surface area contributed by atoms with Crippen molar-refractivity contribution in [2.75, 3.05) is 36.2 Å². The zero-order valence-electron chi connectivity index (χ0n) is 9.43. The third kappa shape index (κ3) is 3.06. The summed E-state index contributed by atoms with van der Waals surface area (Å²) >= 11 is 1.73. The second-order valence-corrected chi connectivity index (χ2v) is 4.48. The van der Waals surface area contributed by atoms with Crippen molar-refractivity contribution in [2.45, 2.75) is 0 Å². The monoisotopic (exact) mass is 240 g/mol. The predicted octanol–water partition coefficient (Wildman–Crippen LogP) is 1.77. The van der Waals surface area contributed by atoms with Gasteiger partial charge < -0.3 is 15.7 Å². The number of nitrogens with zero attached hydrogens (tertiary/aromatic N) is 1. The molecule has 0 saturated heterocycles. The maximum Gasteiger partial charge on any atom is 0.337 e. The van der Waals surface area contributed by atoms with Crippen LogP contribution in [0.5, 0.6) is 0 Å². The van der Waals surface area contributed by atoms with Crippen LogP contribution >= 0.6 is 11.8 Å². The molecule has 0 aliphatic carbocycles. The summed E-state index contributed by atoms with van der Waals surface area (Å²) in [5.74, 6) is 0.0123. The fourth-order valence-electron chi connectivity index (χ4n) is 1.41. The fourth-order valence-corrected chi connectivity index (χ4v) is 1.86. The van der Waals surface area contributed by atoms with Crippen molar-refractivity contribution in [2.24, 2.45) is 0 Å². The first kappa shape index (κ1) is 12.7. The average Bonchev–Trinajstić information content (AvgIpc) is 2.25. The van der Waals surface area contributed by atoms with Crippen LogP contribution in [0, 0.1) is 0 Å². The van der Waals surface area contributed by atoms with E-state index in [1.807, 2.05) is 18.2 Å². The second kappa shape index (κ2) is 5.65. The number of nitrogen functional groups attached to an aromatic ring is 1. The van der Waals surface area contributed by atoms with Crippen molar-refractivity contribution in [1.82, 2.24) is 0 Å². The molecule has 0 fully saturated rings. The molecular weight excluding hydrogens is 224 g/mol. The lowest BCUT2D eigenvalue weighted by molar-refractivity contribution is 0.0697. The van der Waals surface area contributed by atoms with E-state index < -0.39 is 5.97 Å². The van der Waals surface area contributed by atoms with Crippen LogP contribution < -0.4 is 10.6 Å². The van der Waals surface area contributed by atoms with Crippen LogP contribution in [0.3, 0.4) is 0 Å². The number of thioether (sulfide) groups is 1. The summed E-state index contributed by atoms with van der Waals surface area (Å²) in [4.78, 5) is 13.0. The van der Waals surface area contributed by atoms with Crippen LogP contribution in [-0.2, 0) is 0 Å². The van der Waals surface area contributed by atoms with Crippen LogP contribution in [0.2, 0.25) is 0 Å². The minimum Gasteiger partial charge on any atom is -0.478 e. The summed E-state index contributed by atoms with van der Waals surface area (Å²) < 4.78 is 0. The molecule has 1 aromatic carbocycles. The van der Waals surface area contributed by atoms with E-state index in [-0.39, 0.29) is 5.56 Å². The van der Waals surface area contributed by atoms with E-state index in [1.165, 1.54) is 6.07 Å². The van der Waals surface area contributed by atoms with Gasteiger partial charge in [0.2, 0.25) is 0 Å². The molecule has 0 bridgehead atoms. The second-order valence-electron chi connectivity index (χ2n) is 3.50. The van der Waals surface area contributed by atoms with Gasteiger partial charge in [-0.15, -0.1) is 0 Å². The van der Waals surface area contributed by atoms with E-state index in [9.17, 15) is 4.79 Å². The first-order chi connectivity index (χ1) is 7.56. The Morgan fingerprint density at radius 1 is 1.56 bits per heavy atom. The van der Waals surface area contributed by atoms with Crippen LogP contribution in [-0.4, -0.2) is 36.7 Å². The first-order valence-corrected chi connectivity index (χ1v) is 6.28. The minimum absolute atomic E-state index is 0.253. The Morgan fingerprint density at radius 2 is 2.25 bits per heavy atom. The fraction of sp³-hybridized carbons (Fsp3) is 0.364. The number of carboxylic acid groups (broad SMARTS) is 1. The molecule has 4 nitrogen and oxygen atoms in total. The van der Waals surface area contributed by atoms with E-state index in [2.05, 4.69) is 0 Å². The Morgan fingerprint density at radius 3 is 2.81 bits per heavy atom. The molecule has 0 radical (unpaired) electrons. The lowest BCUT2D eigenvalue weighted by Crippen LogP contribution is -2.22. The summed E-state index contributed by atoms with van der Waals surface area (Å²) in [6.07, 6.45) is 2.02. The standard InChI is InChI=1S/C11H16N2O2S/c1-13(5-6-16-2)10-4-3-8(12)7-9(10)11(14)15/h3-4,7H,5-6,12H2,1-2H3,(H,14,15). The molecule has 0 aliphatic rings. The molecule has 1 aromatic rings.